The fourth-order valence-corrected chi connectivity index (χ4v) is 5.73. The Morgan fingerprint density at radius 2 is 1.50 bits per heavy atom. The van der Waals surface area contributed by atoms with Crippen LogP contribution < -0.4 is 14.8 Å². The Morgan fingerprint density at radius 1 is 0.886 bits per heavy atom. The molecule has 1 aliphatic rings. The van der Waals surface area contributed by atoms with Crippen LogP contribution in [0.3, 0.4) is 0 Å². The molecule has 10 nitrogen and oxygen atoms in total. The Bertz CT molecular complexity index is 1610. The van der Waals surface area contributed by atoms with Crippen molar-refractivity contribution in [2.45, 2.75) is 51.6 Å². The summed E-state index contributed by atoms with van der Waals surface area (Å²) in [5.74, 6) is -1.80. The van der Waals surface area contributed by atoms with Crippen molar-refractivity contribution in [1.29, 1.82) is 0 Å². The van der Waals surface area contributed by atoms with E-state index < -0.39 is 27.5 Å². The molecule has 1 amide bonds. The van der Waals surface area contributed by atoms with Crippen LogP contribution in [0, 0.1) is 0 Å². The third-order valence-corrected chi connectivity index (χ3v) is 7.56. The van der Waals surface area contributed by atoms with Crippen molar-refractivity contribution in [3.8, 4) is 16.9 Å². The number of hydrogen-bond donors (Lipinski definition) is 2. The smallest absolute Gasteiger partial charge is 0.325 e. The number of fused-ring (bicyclic) bond motifs is 3. The maximum atomic E-state index is 13.0. The summed E-state index contributed by atoms with van der Waals surface area (Å²) in [6.07, 6.45) is 1.84. The van der Waals surface area contributed by atoms with Gasteiger partial charge in [-0.3, -0.25) is 14.4 Å². The second-order valence-corrected chi connectivity index (χ2v) is 13.3. The van der Waals surface area contributed by atoms with Crippen molar-refractivity contribution in [2.75, 3.05) is 31.8 Å². The van der Waals surface area contributed by atoms with E-state index >= 15 is 0 Å². The van der Waals surface area contributed by atoms with Crippen LogP contribution in [0.15, 0.2) is 60.7 Å². The first-order chi connectivity index (χ1) is 20.8. The van der Waals surface area contributed by atoms with Crippen molar-refractivity contribution < 1.29 is 37.0 Å². The quantitative estimate of drug-likeness (QED) is 0.273. The first-order valence-corrected chi connectivity index (χ1v) is 16.2. The van der Waals surface area contributed by atoms with E-state index in [2.05, 4.69) is 17.4 Å². The monoisotopic (exact) mass is 622 g/mol. The van der Waals surface area contributed by atoms with E-state index in [4.69, 9.17) is 14.2 Å². The van der Waals surface area contributed by atoms with Gasteiger partial charge in [-0.2, -0.15) is 0 Å². The third kappa shape index (κ3) is 8.16. The number of amides is 1. The van der Waals surface area contributed by atoms with Crippen LogP contribution in [0.5, 0.6) is 5.75 Å². The molecule has 3 aromatic rings. The van der Waals surface area contributed by atoms with Gasteiger partial charge in [-0.1, -0.05) is 54.6 Å². The van der Waals surface area contributed by atoms with Crippen LogP contribution in [0.1, 0.15) is 66.6 Å². The lowest BCUT2D eigenvalue weighted by atomic mass is 9.98. The second-order valence-electron chi connectivity index (χ2n) is 11.6. The molecule has 0 spiro atoms. The lowest BCUT2D eigenvalue weighted by Gasteiger charge is -2.20. The summed E-state index contributed by atoms with van der Waals surface area (Å²) in [6, 6.07) is 19.2. The molecule has 234 valence electrons. The van der Waals surface area contributed by atoms with Gasteiger partial charge >= 0.3 is 11.9 Å². The molecule has 1 aliphatic carbocycles. The Labute approximate surface area is 258 Å². The van der Waals surface area contributed by atoms with Gasteiger partial charge in [-0.25, -0.2) is 13.1 Å². The van der Waals surface area contributed by atoms with E-state index in [1.165, 1.54) is 13.2 Å². The standard InChI is InChI=1S/C33H38N2O8S/c1-33(2,3)43-28(36)16-10-11-21-17-18-26(32(38)35-44(5,39)40)31(41-4)30(21)34-19-29(37)42-20-27-24-14-8-6-12-22(24)23-13-7-9-15-25(23)27/h6-9,12-15,17-18,27,34H,10-11,16,19-20H2,1-5H3,(H,35,38). The van der Waals surface area contributed by atoms with Crippen LogP contribution >= 0.6 is 0 Å². The Kier molecular flexibility index (Phi) is 9.98. The fraction of sp³-hybridized carbons (Fsp3) is 0.364. The molecule has 0 saturated heterocycles. The van der Waals surface area contributed by atoms with Crippen LogP contribution in [0.25, 0.3) is 11.1 Å². The third-order valence-electron chi connectivity index (χ3n) is 7.00. The van der Waals surface area contributed by atoms with Gasteiger partial charge in [0.05, 0.1) is 24.6 Å². The highest BCUT2D eigenvalue weighted by Crippen LogP contribution is 2.44. The van der Waals surface area contributed by atoms with Gasteiger partial charge in [-0.15, -0.1) is 0 Å². The average molecular weight is 623 g/mol. The van der Waals surface area contributed by atoms with Crippen molar-refractivity contribution in [1.82, 2.24) is 4.72 Å². The molecule has 2 N–H and O–H groups in total. The topological polar surface area (TPSA) is 137 Å². The largest absolute Gasteiger partial charge is 0.494 e. The first kappa shape index (κ1) is 32.5. The Balaban J connectivity index is 1.50. The zero-order chi connectivity index (χ0) is 32.1. The van der Waals surface area contributed by atoms with Gasteiger partial charge in [0.15, 0.2) is 5.75 Å². The molecule has 0 atom stereocenters. The van der Waals surface area contributed by atoms with Gasteiger partial charge in [-0.05, 0) is 67.5 Å². The number of methoxy groups -OCH3 is 1. The molecule has 0 bridgehead atoms. The van der Waals surface area contributed by atoms with Gasteiger partial charge in [0.25, 0.3) is 5.91 Å². The summed E-state index contributed by atoms with van der Waals surface area (Å²) < 4.78 is 42.0. The van der Waals surface area contributed by atoms with Gasteiger partial charge < -0.3 is 19.5 Å². The highest BCUT2D eigenvalue weighted by atomic mass is 32.2. The molecule has 0 saturated carbocycles. The van der Waals surface area contributed by atoms with Crippen molar-refractivity contribution in [3.63, 3.8) is 0 Å². The molecule has 11 heteroatoms. The summed E-state index contributed by atoms with van der Waals surface area (Å²) in [6.45, 7) is 5.28. The first-order valence-electron chi connectivity index (χ1n) is 14.3. The molecule has 3 aromatic carbocycles. The Hall–Kier alpha value is -4.38. The highest BCUT2D eigenvalue weighted by molar-refractivity contribution is 7.89. The molecule has 0 radical (unpaired) electrons. The lowest BCUT2D eigenvalue weighted by molar-refractivity contribution is -0.154. The maximum Gasteiger partial charge on any atom is 0.325 e. The Morgan fingerprint density at radius 3 is 2.07 bits per heavy atom. The SMILES string of the molecule is COc1c(C(=O)NS(C)(=O)=O)ccc(CCCC(=O)OC(C)(C)C)c1NCC(=O)OCC1c2ccccc2-c2ccccc21. The van der Waals surface area contributed by atoms with E-state index in [1.54, 1.807) is 26.8 Å². The van der Waals surface area contributed by atoms with Gasteiger partial charge in [0, 0.05) is 12.3 Å². The molecule has 44 heavy (non-hydrogen) atoms. The summed E-state index contributed by atoms with van der Waals surface area (Å²) in [4.78, 5) is 38.0. The number of esters is 2. The maximum absolute atomic E-state index is 13.0. The summed E-state index contributed by atoms with van der Waals surface area (Å²) in [7, 11) is -2.50. The number of nitrogens with one attached hydrogen (secondary N) is 2. The minimum absolute atomic E-state index is 0.0381. The van der Waals surface area contributed by atoms with Crippen molar-refractivity contribution in [3.05, 3.63) is 82.9 Å². The van der Waals surface area contributed by atoms with E-state index in [-0.39, 0.29) is 42.8 Å². The number of rotatable bonds is 12. The zero-order valence-electron chi connectivity index (χ0n) is 25.6. The molecule has 0 aromatic heterocycles. The molecule has 4 rings (SSSR count). The van der Waals surface area contributed by atoms with Crippen LogP contribution in [0.4, 0.5) is 5.69 Å². The number of ether oxygens (including phenoxy) is 3. The number of benzene rings is 3. The normalized spacial score (nSPS) is 12.6. The fourth-order valence-electron chi connectivity index (χ4n) is 5.28. The van der Waals surface area contributed by atoms with E-state index in [0.29, 0.717) is 24.1 Å². The summed E-state index contributed by atoms with van der Waals surface area (Å²) in [5.41, 5.74) is 4.76. The number of carbonyl (C=O) groups excluding carboxylic acids is 3. The molecule has 0 fully saturated rings. The summed E-state index contributed by atoms with van der Waals surface area (Å²) in [5, 5.41) is 3.04. The summed E-state index contributed by atoms with van der Waals surface area (Å²) >= 11 is 0. The van der Waals surface area contributed by atoms with Crippen LogP contribution in [-0.4, -0.2) is 58.4 Å². The van der Waals surface area contributed by atoms with E-state index in [1.807, 2.05) is 41.1 Å². The number of anilines is 1. The van der Waals surface area contributed by atoms with Gasteiger partial charge in [0.1, 0.15) is 18.8 Å². The van der Waals surface area contributed by atoms with E-state index in [9.17, 15) is 22.8 Å². The van der Waals surface area contributed by atoms with Crippen molar-refractivity contribution >= 4 is 33.6 Å². The zero-order valence-corrected chi connectivity index (χ0v) is 26.4. The minimum atomic E-state index is -3.84. The molecular weight excluding hydrogens is 584 g/mol. The van der Waals surface area contributed by atoms with E-state index in [0.717, 1.165) is 28.5 Å². The molecule has 0 heterocycles. The lowest BCUT2D eigenvalue weighted by Crippen LogP contribution is -2.30. The predicted molar refractivity (Wildman–Crippen MR) is 167 cm³/mol. The molecule has 0 unspecified atom stereocenters. The van der Waals surface area contributed by atoms with Crippen molar-refractivity contribution in [2.24, 2.45) is 0 Å². The predicted octanol–water partition coefficient (Wildman–Crippen LogP) is 4.82. The highest BCUT2D eigenvalue weighted by Gasteiger charge is 2.29. The minimum Gasteiger partial charge on any atom is -0.494 e. The number of hydrogen-bond acceptors (Lipinski definition) is 9. The van der Waals surface area contributed by atoms with Gasteiger partial charge in [0.2, 0.25) is 10.0 Å². The number of carbonyl (C=O) groups is 3. The molecular formula is C33H38N2O8S. The number of sulfonamides is 1. The number of aryl methyl sites for hydroxylation is 1. The van der Waals surface area contributed by atoms with Crippen LogP contribution in [-0.2, 0) is 35.5 Å². The second kappa shape index (κ2) is 13.5. The molecule has 0 aliphatic heterocycles. The average Bonchev–Trinajstić information content (AvgIpc) is 3.26. The van der Waals surface area contributed by atoms with Crippen LogP contribution in [0.2, 0.25) is 0 Å².